The average Bonchev–Trinajstić information content (AvgIpc) is 4.06. The lowest BCUT2D eigenvalue weighted by Crippen LogP contribution is -2.39. The van der Waals surface area contributed by atoms with Gasteiger partial charge in [0, 0.05) is 57.3 Å². The fourth-order valence-corrected chi connectivity index (χ4v) is 15.4. The number of thiophene rings is 2. The molecule has 278 valence electrons. The number of nitrogens with zero attached hydrogens (tertiary/aromatic N) is 2. The molecular formula is C48H40N2O4S2. The van der Waals surface area contributed by atoms with Gasteiger partial charge in [0.05, 0.1) is 11.4 Å². The van der Waals surface area contributed by atoms with Crippen LogP contribution < -0.4 is 32.4 Å². The quantitative estimate of drug-likeness (QED) is 0.176. The summed E-state index contributed by atoms with van der Waals surface area (Å²) in [4.78, 5) is 70.4. The smallest absolute Gasteiger partial charge is 0.216 e. The van der Waals surface area contributed by atoms with Crippen LogP contribution >= 0.6 is 22.7 Å². The number of fused-ring (bicyclic) bond motifs is 13. The van der Waals surface area contributed by atoms with Gasteiger partial charge in [-0.25, -0.2) is 9.98 Å². The fourth-order valence-electron chi connectivity index (χ4n) is 12.4. The first-order valence-electron chi connectivity index (χ1n) is 20.7. The van der Waals surface area contributed by atoms with Gasteiger partial charge < -0.3 is 0 Å². The van der Waals surface area contributed by atoms with Gasteiger partial charge in [-0.3, -0.25) is 19.2 Å². The highest BCUT2D eigenvalue weighted by Crippen LogP contribution is 2.71. The van der Waals surface area contributed by atoms with Crippen molar-refractivity contribution in [3.05, 3.63) is 144 Å². The molecule has 0 aliphatic heterocycles. The topological polar surface area (TPSA) is 93.0 Å². The van der Waals surface area contributed by atoms with Crippen molar-refractivity contribution in [1.82, 2.24) is 0 Å². The van der Waals surface area contributed by atoms with Crippen LogP contribution in [-0.2, 0) is 16.2 Å². The molecule has 6 aliphatic carbocycles. The maximum Gasteiger partial charge on any atom is 0.216 e. The van der Waals surface area contributed by atoms with Crippen LogP contribution in [-0.4, -0.2) is 0 Å². The molecule has 2 aromatic heterocycles. The second-order valence-corrected chi connectivity index (χ2v) is 19.5. The van der Waals surface area contributed by atoms with E-state index in [1.165, 1.54) is 73.9 Å². The number of hydrogen-bond acceptors (Lipinski definition) is 8. The summed E-state index contributed by atoms with van der Waals surface area (Å²) in [6, 6.07) is 14.3. The molecule has 6 nitrogen and oxygen atoms in total. The van der Waals surface area contributed by atoms with E-state index in [1.54, 1.807) is 24.3 Å². The van der Waals surface area contributed by atoms with Gasteiger partial charge in [-0.2, -0.15) is 0 Å². The second kappa shape index (κ2) is 11.7. The molecule has 3 saturated carbocycles. The summed E-state index contributed by atoms with van der Waals surface area (Å²) in [6.45, 7) is 0. The predicted octanol–water partition coefficient (Wildman–Crippen LogP) is 8.85. The van der Waals surface area contributed by atoms with Gasteiger partial charge in [0.15, 0.2) is 10.7 Å². The highest BCUT2D eigenvalue weighted by atomic mass is 32.1. The molecule has 0 N–H and O–H groups in total. The molecule has 6 aromatic rings. The van der Waals surface area contributed by atoms with Gasteiger partial charge in [-0.05, 0) is 72.9 Å². The molecule has 0 radical (unpaired) electrons. The van der Waals surface area contributed by atoms with Crippen molar-refractivity contribution in [2.24, 2.45) is 9.98 Å². The molecule has 12 rings (SSSR count). The van der Waals surface area contributed by atoms with Crippen LogP contribution in [0.15, 0.2) is 89.1 Å². The van der Waals surface area contributed by atoms with Gasteiger partial charge >= 0.3 is 0 Å². The van der Waals surface area contributed by atoms with Crippen molar-refractivity contribution in [3.8, 4) is 9.75 Å². The lowest BCUT2D eigenvalue weighted by atomic mass is 9.59. The molecule has 0 amide bonds. The number of benzene rings is 2. The van der Waals surface area contributed by atoms with Gasteiger partial charge in [0.1, 0.15) is 0 Å². The molecule has 4 aromatic carbocycles. The molecule has 0 atom stereocenters. The van der Waals surface area contributed by atoms with Gasteiger partial charge in [0.25, 0.3) is 0 Å². The number of hydrogen-bond donors (Lipinski definition) is 0. The molecule has 2 heterocycles. The summed E-state index contributed by atoms with van der Waals surface area (Å²) >= 11 is 3.82. The molecule has 56 heavy (non-hydrogen) atoms. The molecular weight excluding hydrogens is 733 g/mol. The van der Waals surface area contributed by atoms with Crippen LogP contribution in [0.25, 0.3) is 43.5 Å². The van der Waals surface area contributed by atoms with Crippen molar-refractivity contribution in [2.75, 3.05) is 0 Å². The zero-order valence-electron chi connectivity index (χ0n) is 31.2. The van der Waals surface area contributed by atoms with Crippen LogP contribution in [0.2, 0.25) is 0 Å². The Morgan fingerprint density at radius 3 is 1.07 bits per heavy atom. The van der Waals surface area contributed by atoms with Crippen molar-refractivity contribution in [2.45, 2.75) is 113 Å². The minimum atomic E-state index is -0.322. The van der Waals surface area contributed by atoms with Gasteiger partial charge in [0.2, 0.25) is 21.7 Å². The maximum atomic E-state index is 13.7. The lowest BCUT2D eigenvalue weighted by molar-refractivity contribution is 0.308. The van der Waals surface area contributed by atoms with E-state index in [-0.39, 0.29) is 48.7 Å². The Labute approximate surface area is 330 Å². The number of rotatable bonds is 2. The van der Waals surface area contributed by atoms with Crippen molar-refractivity contribution in [3.63, 3.8) is 0 Å². The van der Waals surface area contributed by atoms with Crippen LogP contribution in [0.4, 0.5) is 0 Å². The fraction of sp³-hybridized carbons (Fsp3) is 0.375. The van der Waals surface area contributed by atoms with E-state index in [0.717, 1.165) is 75.6 Å². The van der Waals surface area contributed by atoms with E-state index in [0.29, 0.717) is 21.5 Å². The Bertz CT molecular complexity index is 2810. The summed E-state index contributed by atoms with van der Waals surface area (Å²) in [5, 5.41) is 1.99. The highest BCUT2D eigenvalue weighted by molar-refractivity contribution is 7.23. The van der Waals surface area contributed by atoms with E-state index in [2.05, 4.69) is 12.2 Å². The summed E-state index contributed by atoms with van der Waals surface area (Å²) in [5.41, 5.74) is 5.93. The zero-order valence-corrected chi connectivity index (χ0v) is 32.9. The second-order valence-electron chi connectivity index (χ2n) is 17.4. The Balaban J connectivity index is 1.08. The third-order valence-corrected chi connectivity index (χ3v) is 17.2. The molecule has 0 unspecified atom stereocenters. The van der Waals surface area contributed by atoms with E-state index in [1.807, 2.05) is 46.9 Å². The van der Waals surface area contributed by atoms with Crippen LogP contribution in [0, 0.1) is 0 Å². The monoisotopic (exact) mass is 772 g/mol. The van der Waals surface area contributed by atoms with Crippen molar-refractivity contribution < 1.29 is 0 Å². The predicted molar refractivity (Wildman–Crippen MR) is 226 cm³/mol. The molecule has 3 spiro atoms. The third kappa shape index (κ3) is 4.12. The van der Waals surface area contributed by atoms with E-state index in [4.69, 9.17) is 9.98 Å². The largest absolute Gasteiger partial charge is 0.287 e. The lowest BCUT2D eigenvalue weighted by Gasteiger charge is -2.43. The third-order valence-electron chi connectivity index (χ3n) is 14.8. The molecule has 6 aliphatic rings. The molecule has 0 saturated heterocycles. The van der Waals surface area contributed by atoms with Crippen LogP contribution in [0.5, 0.6) is 0 Å². The SMILES string of the molecule is O=c1c(=NC2=Cc3sc4c(c3C23CCCCC3)C2(CCCCC2)c2c-4sc3c2C2(CCCCC2)C(N=c2c(=O)c4ccccc4c2=O)=C3)c(=O)c2ccccc12. The minimum absolute atomic E-state index is 0.0697. The molecule has 3 fully saturated rings. The van der Waals surface area contributed by atoms with E-state index < -0.39 is 0 Å². The van der Waals surface area contributed by atoms with Gasteiger partial charge in [-0.15, -0.1) is 22.7 Å². The van der Waals surface area contributed by atoms with Crippen LogP contribution in [0.1, 0.15) is 128 Å². The maximum absolute atomic E-state index is 13.7. The van der Waals surface area contributed by atoms with Crippen molar-refractivity contribution >= 4 is 56.4 Å². The molecule has 0 bridgehead atoms. The summed E-state index contributed by atoms with van der Waals surface area (Å²) in [6.07, 6.45) is 20.9. The number of allylic oxidation sites excluding steroid dienone is 2. The Kier molecular flexibility index (Phi) is 6.99. The standard InChI is InChI=1S/C48H40N2O4S2/c51-40-26-14-4-5-15-27(26)41(52)38(40)49-32-24-30-34(46(32)18-8-1-9-19-46)36-44(55-30)45-37(48(36)22-12-3-13-23-48)35-31(56-45)25-33(47(35)20-10-2-11-21-47)50-39-42(53)28-16-6-7-17-29(28)43(39)54/h4-7,14-17,24-25H,1-3,8-13,18-23H2. The minimum Gasteiger partial charge on any atom is -0.287 e. The first-order valence-corrected chi connectivity index (χ1v) is 22.3. The van der Waals surface area contributed by atoms with E-state index in [9.17, 15) is 19.2 Å². The Morgan fingerprint density at radius 1 is 0.411 bits per heavy atom. The summed E-state index contributed by atoms with van der Waals surface area (Å²) in [7, 11) is 0. The van der Waals surface area contributed by atoms with Crippen molar-refractivity contribution in [1.29, 1.82) is 0 Å². The first-order chi connectivity index (χ1) is 27.4. The van der Waals surface area contributed by atoms with Crippen LogP contribution in [0.3, 0.4) is 0 Å². The normalized spacial score (nSPS) is 21.1. The Hall–Kier alpha value is -4.66. The average molecular weight is 773 g/mol. The zero-order chi connectivity index (χ0) is 37.6. The highest BCUT2D eigenvalue weighted by Gasteiger charge is 2.59. The Morgan fingerprint density at radius 2 is 0.732 bits per heavy atom. The van der Waals surface area contributed by atoms with E-state index >= 15 is 0 Å². The first kappa shape index (κ1) is 33.5. The molecule has 8 heteroatoms. The summed E-state index contributed by atoms with van der Waals surface area (Å²) < 4.78 is 0. The van der Waals surface area contributed by atoms with Gasteiger partial charge in [-0.1, -0.05) is 106 Å². The summed E-state index contributed by atoms with van der Waals surface area (Å²) in [5.74, 6) is 0.